The number of carbonyl (C=O) groups is 2. The summed E-state index contributed by atoms with van der Waals surface area (Å²) in [6.07, 6.45) is 1.53. The van der Waals surface area contributed by atoms with Crippen molar-refractivity contribution in [3.05, 3.63) is 52.6 Å². The van der Waals surface area contributed by atoms with Gasteiger partial charge in [-0.1, -0.05) is 11.8 Å². The van der Waals surface area contributed by atoms with Crippen LogP contribution in [0.25, 0.3) is 0 Å². The number of aliphatic hydroxyl groups is 1. The molecule has 0 radical (unpaired) electrons. The Morgan fingerprint density at radius 2 is 1.80 bits per heavy atom. The van der Waals surface area contributed by atoms with Gasteiger partial charge in [-0.05, 0) is 58.4 Å². The summed E-state index contributed by atoms with van der Waals surface area (Å²) in [5.74, 6) is 5.09. The first-order valence-electron chi connectivity index (χ1n) is 11.0. The highest BCUT2D eigenvalue weighted by Gasteiger charge is 2.27. The maximum Gasteiger partial charge on any atom is 0.350 e. The Morgan fingerprint density at radius 3 is 2.40 bits per heavy atom. The molecule has 2 rings (SSSR count). The van der Waals surface area contributed by atoms with E-state index in [1.54, 1.807) is 0 Å². The number of hydrogen-bond acceptors (Lipinski definition) is 8. The largest absolute Gasteiger partial charge is 0.394 e. The average Bonchev–Trinajstić information content (AvgIpc) is 2.82. The van der Waals surface area contributed by atoms with Gasteiger partial charge in [0.05, 0.1) is 19.7 Å². The zero-order valence-corrected chi connectivity index (χ0v) is 20.5. The van der Waals surface area contributed by atoms with Crippen LogP contribution in [0.4, 0.5) is 11.5 Å². The van der Waals surface area contributed by atoms with E-state index in [9.17, 15) is 14.4 Å². The quantitative estimate of drug-likeness (QED) is 0.335. The van der Waals surface area contributed by atoms with E-state index in [0.29, 0.717) is 17.8 Å². The number of aromatic nitrogens is 2. The van der Waals surface area contributed by atoms with Crippen molar-refractivity contribution in [1.29, 1.82) is 0 Å². The molecule has 2 amide bonds. The molecule has 188 valence electrons. The van der Waals surface area contributed by atoms with Gasteiger partial charge in [0.1, 0.15) is 11.4 Å². The Balaban J connectivity index is 1.92. The molecule has 0 aliphatic carbocycles. The summed E-state index contributed by atoms with van der Waals surface area (Å²) in [5, 5.41) is 14.3. The van der Waals surface area contributed by atoms with Gasteiger partial charge in [-0.25, -0.2) is 4.79 Å². The van der Waals surface area contributed by atoms with E-state index in [1.165, 1.54) is 48.0 Å². The van der Waals surface area contributed by atoms with Crippen LogP contribution in [0.1, 0.15) is 17.3 Å². The molecule has 0 saturated carbocycles. The lowest BCUT2D eigenvalue weighted by Gasteiger charge is -2.20. The second-order valence-electron chi connectivity index (χ2n) is 8.68. The summed E-state index contributed by atoms with van der Waals surface area (Å²) in [7, 11) is 6.02. The first kappa shape index (κ1) is 27.7. The molecule has 0 bridgehead atoms. The third-order valence-corrected chi connectivity index (χ3v) is 5.02. The average molecular weight is 484 g/mol. The number of nitrogens with zero attached hydrogens (tertiary/aromatic N) is 4. The molecule has 1 heterocycles. The molecule has 0 spiro atoms. The van der Waals surface area contributed by atoms with Gasteiger partial charge in [-0.15, -0.1) is 0 Å². The Hall–Kier alpha value is -3.56. The molecule has 0 saturated heterocycles. The predicted molar refractivity (Wildman–Crippen MR) is 135 cm³/mol. The molecule has 11 nitrogen and oxygen atoms in total. The van der Waals surface area contributed by atoms with Gasteiger partial charge in [-0.2, -0.15) is 4.98 Å². The van der Waals surface area contributed by atoms with Crippen molar-refractivity contribution in [2.24, 2.45) is 5.73 Å². The molecule has 1 atom stereocenters. The van der Waals surface area contributed by atoms with Crippen LogP contribution < -0.4 is 22.1 Å². The van der Waals surface area contributed by atoms with Gasteiger partial charge < -0.3 is 26.4 Å². The van der Waals surface area contributed by atoms with Crippen molar-refractivity contribution in [3.63, 3.8) is 0 Å². The van der Waals surface area contributed by atoms with Crippen molar-refractivity contribution in [2.45, 2.75) is 19.0 Å². The fourth-order valence-electron chi connectivity index (χ4n) is 2.64. The second kappa shape index (κ2) is 12.8. The van der Waals surface area contributed by atoms with Crippen molar-refractivity contribution >= 4 is 23.3 Å². The van der Waals surface area contributed by atoms with Gasteiger partial charge in [0.2, 0.25) is 5.91 Å². The molecule has 0 aliphatic heterocycles. The molecule has 5 N–H and O–H groups in total. The molecule has 11 heteroatoms. The third kappa shape index (κ3) is 8.95. The van der Waals surface area contributed by atoms with Gasteiger partial charge in [-0.3, -0.25) is 19.1 Å². The summed E-state index contributed by atoms with van der Waals surface area (Å²) in [6, 6.07) is 7.59. The van der Waals surface area contributed by atoms with Crippen LogP contribution >= 0.6 is 0 Å². The number of likely N-dealkylation sites (N-methyl/N-ethyl adjacent to an activating group) is 2. The fraction of sp³-hybridized carbons (Fsp3) is 0.417. The minimum Gasteiger partial charge on any atom is -0.394 e. The zero-order chi connectivity index (χ0) is 26.0. The van der Waals surface area contributed by atoms with Crippen LogP contribution in [0.15, 0.2) is 41.3 Å². The number of benzene rings is 1. The standard InChI is InChI=1S/C24H33N7O4/c1-24(25,17-32)22(34)26-19-9-7-18(8-10-19)21(33)27-20-11-14-31(23(35)28-20)13-6-5-12-30(4)16-15-29(2)3/h7-11,14,32H,12-13,15-17,25H2,1-4H3,(H,26,34)(H,27,28,33,35). The fourth-order valence-corrected chi connectivity index (χ4v) is 2.64. The molecule has 35 heavy (non-hydrogen) atoms. The van der Waals surface area contributed by atoms with Crippen molar-refractivity contribution in [3.8, 4) is 11.8 Å². The summed E-state index contributed by atoms with van der Waals surface area (Å²) < 4.78 is 1.36. The molecule has 1 unspecified atom stereocenters. The third-order valence-electron chi connectivity index (χ3n) is 5.02. The van der Waals surface area contributed by atoms with Crippen molar-refractivity contribution in [1.82, 2.24) is 19.4 Å². The van der Waals surface area contributed by atoms with Crippen molar-refractivity contribution < 1.29 is 14.7 Å². The first-order valence-corrected chi connectivity index (χ1v) is 11.0. The summed E-state index contributed by atoms with van der Waals surface area (Å²) >= 11 is 0. The maximum atomic E-state index is 12.5. The number of nitrogens with two attached hydrogens (primary N) is 1. The maximum absolute atomic E-state index is 12.5. The van der Waals surface area contributed by atoms with E-state index in [1.807, 2.05) is 21.1 Å². The summed E-state index contributed by atoms with van der Waals surface area (Å²) in [5.41, 5.74) is 4.47. The summed E-state index contributed by atoms with van der Waals surface area (Å²) in [4.78, 5) is 44.9. The zero-order valence-electron chi connectivity index (χ0n) is 20.5. The minimum absolute atomic E-state index is 0.117. The van der Waals surface area contributed by atoms with Crippen LogP contribution in [-0.2, 0) is 11.3 Å². The number of amides is 2. The second-order valence-corrected chi connectivity index (χ2v) is 8.68. The molecular formula is C24H33N7O4. The SMILES string of the molecule is CN(C)CCN(C)CC#CCn1ccc(NC(=O)c2ccc(NC(=O)C(C)(N)CO)cc2)nc1=O. The highest BCUT2D eigenvalue weighted by molar-refractivity contribution is 6.04. The normalized spacial score (nSPS) is 12.6. The molecule has 0 aliphatic rings. The Labute approximate surface area is 204 Å². The topological polar surface area (TPSA) is 146 Å². The van der Waals surface area contributed by atoms with Gasteiger partial charge in [0.25, 0.3) is 5.91 Å². The smallest absolute Gasteiger partial charge is 0.350 e. The van der Waals surface area contributed by atoms with Gasteiger partial charge in [0.15, 0.2) is 0 Å². The molecule has 0 fully saturated rings. The molecule has 2 aromatic rings. The van der Waals surface area contributed by atoms with Crippen molar-refractivity contribution in [2.75, 3.05) is 58.0 Å². The van der Waals surface area contributed by atoms with E-state index in [4.69, 9.17) is 10.8 Å². The number of carbonyl (C=O) groups excluding carboxylic acids is 2. The highest BCUT2D eigenvalue weighted by atomic mass is 16.3. The van der Waals surface area contributed by atoms with Crippen LogP contribution in [0, 0.1) is 11.8 Å². The van der Waals surface area contributed by atoms with E-state index in [-0.39, 0.29) is 12.4 Å². The van der Waals surface area contributed by atoms with Crippen LogP contribution in [-0.4, -0.2) is 89.2 Å². The molecule has 1 aromatic heterocycles. The lowest BCUT2D eigenvalue weighted by molar-refractivity contribution is -0.121. The van der Waals surface area contributed by atoms with Gasteiger partial charge in [0, 0.05) is 30.5 Å². The lowest BCUT2D eigenvalue weighted by atomic mass is 10.0. The van der Waals surface area contributed by atoms with Crippen LogP contribution in [0.5, 0.6) is 0 Å². The molecule has 1 aromatic carbocycles. The Bertz CT molecular complexity index is 1130. The Kier molecular flexibility index (Phi) is 10.1. The van der Waals surface area contributed by atoms with E-state index in [2.05, 4.69) is 37.3 Å². The van der Waals surface area contributed by atoms with E-state index < -0.39 is 29.6 Å². The summed E-state index contributed by atoms with van der Waals surface area (Å²) in [6.45, 7) is 3.53. The number of anilines is 2. The number of nitrogens with one attached hydrogen (secondary N) is 2. The number of hydrogen-bond donors (Lipinski definition) is 4. The number of aliphatic hydroxyl groups excluding tert-OH is 1. The highest BCUT2D eigenvalue weighted by Crippen LogP contribution is 2.13. The van der Waals surface area contributed by atoms with Crippen LogP contribution in [0.2, 0.25) is 0 Å². The van der Waals surface area contributed by atoms with E-state index in [0.717, 1.165) is 13.1 Å². The van der Waals surface area contributed by atoms with Crippen LogP contribution in [0.3, 0.4) is 0 Å². The predicted octanol–water partition coefficient (Wildman–Crippen LogP) is -0.359. The van der Waals surface area contributed by atoms with E-state index >= 15 is 0 Å². The lowest BCUT2D eigenvalue weighted by Crippen LogP contribution is -2.51. The monoisotopic (exact) mass is 483 g/mol. The first-order chi connectivity index (χ1) is 16.5. The Morgan fingerprint density at radius 1 is 1.11 bits per heavy atom. The number of rotatable bonds is 10. The van der Waals surface area contributed by atoms with Gasteiger partial charge >= 0.3 is 5.69 Å². The minimum atomic E-state index is -1.42. The molecular weight excluding hydrogens is 450 g/mol.